The average molecular weight is 207 g/mol. The van der Waals surface area contributed by atoms with Crippen molar-refractivity contribution in [3.05, 3.63) is 30.1 Å². The molecule has 15 heavy (non-hydrogen) atoms. The lowest BCUT2D eigenvalue weighted by atomic mass is 10.1. The van der Waals surface area contributed by atoms with Crippen molar-refractivity contribution in [1.82, 2.24) is 4.98 Å². The smallest absolute Gasteiger partial charge is 0.303 e. The van der Waals surface area contributed by atoms with Crippen molar-refractivity contribution < 1.29 is 9.90 Å². The molecule has 1 saturated carbocycles. The summed E-state index contributed by atoms with van der Waals surface area (Å²) in [4.78, 5) is 14.0. The van der Waals surface area contributed by atoms with Crippen LogP contribution in [0.5, 0.6) is 0 Å². The van der Waals surface area contributed by atoms with Crippen molar-refractivity contribution in [2.24, 2.45) is 5.92 Å². The van der Waals surface area contributed by atoms with Crippen LogP contribution in [0.1, 0.15) is 31.7 Å². The molecule has 1 N–H and O–H groups in total. The van der Waals surface area contributed by atoms with E-state index in [0.29, 0.717) is 6.42 Å². The molecule has 3 heteroatoms. The SMILES string of the molecule is CC1CC1.O=C(O)CCc1ccncc1. The Hall–Kier alpha value is -1.38. The van der Waals surface area contributed by atoms with Gasteiger partial charge in [0.25, 0.3) is 0 Å². The van der Waals surface area contributed by atoms with Gasteiger partial charge in [0.1, 0.15) is 0 Å². The Morgan fingerprint density at radius 2 is 2.00 bits per heavy atom. The summed E-state index contributed by atoms with van der Waals surface area (Å²) in [6.07, 6.45) is 7.07. The predicted octanol–water partition coefficient (Wildman–Crippen LogP) is 2.52. The lowest BCUT2D eigenvalue weighted by molar-refractivity contribution is -0.136. The fraction of sp³-hybridized carbons (Fsp3) is 0.500. The summed E-state index contributed by atoms with van der Waals surface area (Å²) in [6, 6.07) is 3.64. The number of carboxylic acid groups (broad SMARTS) is 1. The highest BCUT2D eigenvalue weighted by molar-refractivity contribution is 5.67. The van der Waals surface area contributed by atoms with Gasteiger partial charge < -0.3 is 5.11 Å². The first-order valence-electron chi connectivity index (χ1n) is 5.29. The number of aryl methyl sites for hydroxylation is 1. The fourth-order valence-corrected chi connectivity index (χ4v) is 0.967. The minimum absolute atomic E-state index is 0.185. The molecule has 0 bridgehead atoms. The zero-order chi connectivity index (χ0) is 11.1. The number of hydrogen-bond acceptors (Lipinski definition) is 2. The lowest BCUT2D eigenvalue weighted by Crippen LogP contribution is -1.96. The zero-order valence-electron chi connectivity index (χ0n) is 9.02. The molecule has 1 aromatic rings. The van der Waals surface area contributed by atoms with E-state index < -0.39 is 5.97 Å². The monoisotopic (exact) mass is 207 g/mol. The van der Waals surface area contributed by atoms with Crippen LogP contribution in [0.4, 0.5) is 0 Å². The van der Waals surface area contributed by atoms with Gasteiger partial charge in [0.2, 0.25) is 0 Å². The van der Waals surface area contributed by atoms with E-state index in [2.05, 4.69) is 11.9 Å². The molecule has 1 fully saturated rings. The first kappa shape index (κ1) is 11.7. The van der Waals surface area contributed by atoms with Gasteiger partial charge in [-0.05, 0) is 30.0 Å². The third-order valence-electron chi connectivity index (χ3n) is 2.24. The number of aliphatic carboxylic acids is 1. The van der Waals surface area contributed by atoms with Gasteiger partial charge in [0.15, 0.2) is 0 Å². The summed E-state index contributed by atoms with van der Waals surface area (Å²) >= 11 is 0. The maximum Gasteiger partial charge on any atom is 0.303 e. The van der Waals surface area contributed by atoms with Gasteiger partial charge in [0, 0.05) is 18.8 Å². The molecule has 0 radical (unpaired) electrons. The summed E-state index contributed by atoms with van der Waals surface area (Å²) in [5, 5.41) is 8.36. The molecule has 0 spiro atoms. The van der Waals surface area contributed by atoms with Gasteiger partial charge in [-0.3, -0.25) is 9.78 Å². The highest BCUT2D eigenvalue weighted by Gasteiger charge is 2.12. The largest absolute Gasteiger partial charge is 0.481 e. The lowest BCUT2D eigenvalue weighted by Gasteiger charge is -1.95. The molecule has 1 aromatic heterocycles. The molecule has 0 unspecified atom stereocenters. The summed E-state index contributed by atoms with van der Waals surface area (Å²) in [5.41, 5.74) is 1.02. The Morgan fingerprint density at radius 3 is 2.40 bits per heavy atom. The zero-order valence-corrected chi connectivity index (χ0v) is 9.02. The normalized spacial score (nSPS) is 13.9. The molecule has 2 rings (SSSR count). The van der Waals surface area contributed by atoms with Crippen molar-refractivity contribution in [2.75, 3.05) is 0 Å². The predicted molar refractivity (Wildman–Crippen MR) is 58.6 cm³/mol. The molecule has 0 aromatic carbocycles. The maximum absolute atomic E-state index is 10.2. The third-order valence-corrected chi connectivity index (χ3v) is 2.24. The van der Waals surface area contributed by atoms with Gasteiger partial charge in [-0.1, -0.05) is 19.8 Å². The van der Waals surface area contributed by atoms with Gasteiger partial charge >= 0.3 is 5.97 Å². The summed E-state index contributed by atoms with van der Waals surface area (Å²) in [6.45, 7) is 2.28. The standard InChI is InChI=1S/C8H9NO2.C4H8/c10-8(11)2-1-7-3-5-9-6-4-7;1-4-2-3-4/h3-6H,1-2H2,(H,10,11);4H,2-3H2,1H3. The second kappa shape index (κ2) is 6.17. The Morgan fingerprint density at radius 1 is 1.47 bits per heavy atom. The fourth-order valence-electron chi connectivity index (χ4n) is 0.967. The number of hydrogen-bond donors (Lipinski definition) is 1. The van der Waals surface area contributed by atoms with Crippen LogP contribution in [0.25, 0.3) is 0 Å². The van der Waals surface area contributed by atoms with Crippen molar-refractivity contribution in [1.29, 1.82) is 0 Å². The van der Waals surface area contributed by atoms with Crippen LogP contribution < -0.4 is 0 Å². The Balaban J connectivity index is 0.000000234. The van der Waals surface area contributed by atoms with Crippen molar-refractivity contribution in [3.63, 3.8) is 0 Å². The average Bonchev–Trinajstić information content (AvgIpc) is 3.00. The summed E-state index contributed by atoms with van der Waals surface area (Å²) in [5.74, 6) is 0.321. The molecule has 0 amide bonds. The summed E-state index contributed by atoms with van der Waals surface area (Å²) in [7, 11) is 0. The van der Waals surface area contributed by atoms with E-state index >= 15 is 0 Å². The van der Waals surface area contributed by atoms with Crippen molar-refractivity contribution in [3.8, 4) is 0 Å². The third kappa shape index (κ3) is 6.66. The summed E-state index contributed by atoms with van der Waals surface area (Å²) < 4.78 is 0. The van der Waals surface area contributed by atoms with Crippen LogP contribution in [0, 0.1) is 5.92 Å². The second-order valence-corrected chi connectivity index (χ2v) is 3.93. The van der Waals surface area contributed by atoms with E-state index in [1.165, 1.54) is 12.8 Å². The van der Waals surface area contributed by atoms with Crippen LogP contribution in [0.2, 0.25) is 0 Å². The number of nitrogens with zero attached hydrogens (tertiary/aromatic N) is 1. The molecule has 0 saturated heterocycles. The molecule has 1 heterocycles. The van der Waals surface area contributed by atoms with E-state index in [9.17, 15) is 4.79 Å². The highest BCUT2D eigenvalue weighted by atomic mass is 16.4. The number of aromatic nitrogens is 1. The Kier molecular flexibility index (Phi) is 4.81. The second-order valence-electron chi connectivity index (χ2n) is 3.93. The van der Waals surface area contributed by atoms with Crippen LogP contribution in [-0.4, -0.2) is 16.1 Å². The van der Waals surface area contributed by atoms with Gasteiger partial charge in [-0.25, -0.2) is 0 Å². The van der Waals surface area contributed by atoms with E-state index in [0.717, 1.165) is 11.5 Å². The molecular formula is C12H17NO2. The highest BCUT2D eigenvalue weighted by Crippen LogP contribution is 2.26. The van der Waals surface area contributed by atoms with Crippen molar-refractivity contribution >= 4 is 5.97 Å². The van der Waals surface area contributed by atoms with Crippen LogP contribution in [0.15, 0.2) is 24.5 Å². The minimum Gasteiger partial charge on any atom is -0.481 e. The molecule has 1 aliphatic rings. The maximum atomic E-state index is 10.2. The van der Waals surface area contributed by atoms with E-state index in [-0.39, 0.29) is 6.42 Å². The number of rotatable bonds is 3. The molecular weight excluding hydrogens is 190 g/mol. The number of carbonyl (C=O) groups is 1. The van der Waals surface area contributed by atoms with E-state index in [1.807, 2.05) is 12.1 Å². The molecule has 0 aliphatic heterocycles. The van der Waals surface area contributed by atoms with Gasteiger partial charge in [-0.15, -0.1) is 0 Å². The van der Waals surface area contributed by atoms with Crippen LogP contribution in [-0.2, 0) is 11.2 Å². The first-order valence-corrected chi connectivity index (χ1v) is 5.29. The topological polar surface area (TPSA) is 50.2 Å². The number of pyridine rings is 1. The molecule has 3 nitrogen and oxygen atoms in total. The Labute approximate surface area is 90.2 Å². The Bertz CT molecular complexity index is 294. The minimum atomic E-state index is -0.762. The van der Waals surface area contributed by atoms with Crippen molar-refractivity contribution in [2.45, 2.75) is 32.6 Å². The first-order chi connectivity index (χ1) is 7.18. The van der Waals surface area contributed by atoms with Crippen LogP contribution in [0.3, 0.4) is 0 Å². The van der Waals surface area contributed by atoms with Crippen LogP contribution >= 0.6 is 0 Å². The molecule has 0 atom stereocenters. The van der Waals surface area contributed by atoms with Gasteiger partial charge in [-0.2, -0.15) is 0 Å². The van der Waals surface area contributed by atoms with E-state index in [4.69, 9.17) is 5.11 Å². The number of carboxylic acids is 1. The quantitative estimate of drug-likeness (QED) is 0.828. The van der Waals surface area contributed by atoms with E-state index in [1.54, 1.807) is 12.4 Å². The molecule has 82 valence electrons. The molecule has 1 aliphatic carbocycles. The van der Waals surface area contributed by atoms with Gasteiger partial charge in [0.05, 0.1) is 0 Å².